The Hall–Kier alpha value is -2.18. The lowest BCUT2D eigenvalue weighted by Gasteiger charge is -2.45. The monoisotopic (exact) mass is 449 g/mol. The van der Waals surface area contributed by atoms with Gasteiger partial charge in [-0.15, -0.1) is 0 Å². The molecule has 0 bridgehead atoms. The Morgan fingerprint density at radius 1 is 1.03 bits per heavy atom. The number of aliphatic hydroxyl groups is 1. The van der Waals surface area contributed by atoms with E-state index in [9.17, 15) is 5.11 Å². The molecule has 0 amide bonds. The second-order valence-corrected chi connectivity index (χ2v) is 10.7. The first-order chi connectivity index (χ1) is 16.0. The zero-order valence-corrected chi connectivity index (χ0v) is 20.1. The normalized spacial score (nSPS) is 28.8. The molecule has 2 aromatic rings. The van der Waals surface area contributed by atoms with Crippen LogP contribution in [-0.4, -0.2) is 51.3 Å². The van der Waals surface area contributed by atoms with Gasteiger partial charge in [-0.2, -0.15) is 4.98 Å². The Bertz CT molecular complexity index is 928. The Morgan fingerprint density at radius 2 is 1.79 bits per heavy atom. The molecule has 0 spiro atoms. The average Bonchev–Trinajstić information content (AvgIpc) is 2.79. The van der Waals surface area contributed by atoms with Crippen molar-refractivity contribution in [3.63, 3.8) is 0 Å². The van der Waals surface area contributed by atoms with Gasteiger partial charge in [0.25, 0.3) is 0 Å². The van der Waals surface area contributed by atoms with Gasteiger partial charge < -0.3 is 20.6 Å². The van der Waals surface area contributed by atoms with Crippen LogP contribution < -0.4 is 10.6 Å². The molecule has 3 fully saturated rings. The van der Waals surface area contributed by atoms with Gasteiger partial charge in [-0.25, -0.2) is 4.98 Å². The highest BCUT2D eigenvalue weighted by Crippen LogP contribution is 2.38. The van der Waals surface area contributed by atoms with E-state index < -0.39 is 0 Å². The van der Waals surface area contributed by atoms with E-state index in [2.05, 4.69) is 59.8 Å². The number of hydrogen-bond acceptors (Lipinski definition) is 6. The summed E-state index contributed by atoms with van der Waals surface area (Å²) in [5.41, 5.74) is 3.48. The van der Waals surface area contributed by atoms with Gasteiger partial charge >= 0.3 is 0 Å². The Morgan fingerprint density at radius 3 is 2.48 bits per heavy atom. The van der Waals surface area contributed by atoms with Gasteiger partial charge in [-0.1, -0.05) is 19.1 Å². The summed E-state index contributed by atoms with van der Waals surface area (Å²) in [6, 6.07) is 9.49. The number of likely N-dealkylation sites (tertiary alicyclic amines) is 1. The van der Waals surface area contributed by atoms with Crippen LogP contribution in [0.25, 0.3) is 0 Å². The van der Waals surface area contributed by atoms with Crippen LogP contribution in [0.2, 0.25) is 0 Å². The molecule has 2 saturated carbocycles. The van der Waals surface area contributed by atoms with E-state index >= 15 is 0 Å². The molecule has 1 saturated heterocycles. The highest BCUT2D eigenvalue weighted by Gasteiger charge is 2.34. The number of hydrogen-bond donors (Lipinski definition) is 3. The predicted octanol–water partition coefficient (Wildman–Crippen LogP) is 5.22. The minimum absolute atomic E-state index is 0.148. The standard InChI is InChI=1S/C27H39N5O/c1-18-4-3-5-22(14-18)30-27-28-17-25(26(31-27)29-21-6-8-24(33)9-7-21)20-10-12-32(13-11-20)23-15-19(2)16-23/h3-5,14,17,19-21,23-24,33H,6-13,15-16H2,1-2H3,(H2,28,29,30,31). The average molecular weight is 450 g/mol. The fourth-order valence-electron chi connectivity index (χ4n) is 5.86. The van der Waals surface area contributed by atoms with Gasteiger partial charge in [0.1, 0.15) is 5.82 Å². The van der Waals surface area contributed by atoms with Crippen molar-refractivity contribution in [1.29, 1.82) is 0 Å². The molecule has 1 aromatic carbocycles. The SMILES string of the molecule is Cc1cccc(Nc2ncc(C3CCN(C4CC(C)C4)CC3)c(NC3CCC(O)CC3)n2)c1. The van der Waals surface area contributed by atoms with E-state index in [-0.39, 0.29) is 6.10 Å². The molecule has 2 aliphatic carbocycles. The first-order valence-corrected chi connectivity index (χ1v) is 12.9. The third-order valence-corrected chi connectivity index (χ3v) is 7.96. The van der Waals surface area contributed by atoms with Crippen LogP contribution in [0.1, 0.15) is 75.3 Å². The third kappa shape index (κ3) is 5.49. The summed E-state index contributed by atoms with van der Waals surface area (Å²) in [6.07, 6.45) is 10.7. The number of piperidine rings is 1. The maximum atomic E-state index is 9.93. The van der Waals surface area contributed by atoms with Crippen molar-refractivity contribution in [2.75, 3.05) is 23.7 Å². The molecule has 6 nitrogen and oxygen atoms in total. The highest BCUT2D eigenvalue weighted by atomic mass is 16.3. The lowest BCUT2D eigenvalue weighted by Crippen LogP contribution is -2.47. The van der Waals surface area contributed by atoms with Crippen molar-refractivity contribution >= 4 is 17.5 Å². The summed E-state index contributed by atoms with van der Waals surface area (Å²) >= 11 is 0. The molecule has 3 N–H and O–H groups in total. The quantitative estimate of drug-likeness (QED) is 0.561. The van der Waals surface area contributed by atoms with Crippen LogP contribution in [0.4, 0.5) is 17.5 Å². The molecular weight excluding hydrogens is 410 g/mol. The second-order valence-electron chi connectivity index (χ2n) is 10.7. The Balaban J connectivity index is 1.32. The lowest BCUT2D eigenvalue weighted by molar-refractivity contribution is 0.0640. The maximum Gasteiger partial charge on any atom is 0.229 e. The van der Waals surface area contributed by atoms with Crippen molar-refractivity contribution in [3.8, 4) is 0 Å². The number of nitrogens with zero attached hydrogens (tertiary/aromatic N) is 3. The first-order valence-electron chi connectivity index (χ1n) is 12.9. The minimum Gasteiger partial charge on any atom is -0.393 e. The molecule has 178 valence electrons. The second kappa shape index (κ2) is 9.98. The number of aliphatic hydroxyl groups excluding tert-OH is 1. The van der Waals surface area contributed by atoms with Crippen molar-refractivity contribution < 1.29 is 5.11 Å². The predicted molar refractivity (Wildman–Crippen MR) is 134 cm³/mol. The largest absolute Gasteiger partial charge is 0.393 e. The van der Waals surface area contributed by atoms with Crippen LogP contribution in [0.15, 0.2) is 30.5 Å². The third-order valence-electron chi connectivity index (χ3n) is 7.96. The molecular formula is C27H39N5O. The van der Waals surface area contributed by atoms with Crippen LogP contribution in [-0.2, 0) is 0 Å². The van der Waals surface area contributed by atoms with Gasteiger partial charge in [-0.3, -0.25) is 0 Å². The van der Waals surface area contributed by atoms with Crippen molar-refractivity contribution in [3.05, 3.63) is 41.6 Å². The highest BCUT2D eigenvalue weighted by molar-refractivity contribution is 5.57. The van der Waals surface area contributed by atoms with Gasteiger partial charge in [0.2, 0.25) is 5.95 Å². The summed E-state index contributed by atoms with van der Waals surface area (Å²) in [4.78, 5) is 12.4. The van der Waals surface area contributed by atoms with Crippen molar-refractivity contribution in [2.24, 2.45) is 5.92 Å². The van der Waals surface area contributed by atoms with Crippen LogP contribution in [0.3, 0.4) is 0 Å². The number of aryl methyl sites for hydroxylation is 1. The van der Waals surface area contributed by atoms with Crippen LogP contribution in [0.5, 0.6) is 0 Å². The van der Waals surface area contributed by atoms with E-state index in [4.69, 9.17) is 9.97 Å². The smallest absolute Gasteiger partial charge is 0.229 e. The number of benzene rings is 1. The summed E-state index contributed by atoms with van der Waals surface area (Å²) in [5.74, 6) is 3.03. The lowest BCUT2D eigenvalue weighted by atomic mass is 9.79. The summed E-state index contributed by atoms with van der Waals surface area (Å²) in [6.45, 7) is 6.83. The molecule has 0 atom stereocenters. The van der Waals surface area contributed by atoms with Crippen LogP contribution >= 0.6 is 0 Å². The molecule has 0 radical (unpaired) electrons. The first kappa shape index (κ1) is 22.6. The van der Waals surface area contributed by atoms with Gasteiger partial charge in [-0.05, 0) is 101 Å². The zero-order chi connectivity index (χ0) is 22.8. The fraction of sp³-hybridized carbons (Fsp3) is 0.630. The molecule has 1 aliphatic heterocycles. The number of anilines is 3. The zero-order valence-electron chi connectivity index (χ0n) is 20.1. The Kier molecular flexibility index (Phi) is 6.84. The van der Waals surface area contributed by atoms with Crippen molar-refractivity contribution in [1.82, 2.24) is 14.9 Å². The number of aromatic nitrogens is 2. The molecule has 0 unspecified atom stereocenters. The maximum absolute atomic E-state index is 9.93. The Labute approximate surface area is 198 Å². The van der Waals surface area contributed by atoms with E-state index in [0.29, 0.717) is 17.9 Å². The molecule has 33 heavy (non-hydrogen) atoms. The summed E-state index contributed by atoms with van der Waals surface area (Å²) in [7, 11) is 0. The van der Waals surface area contributed by atoms with E-state index in [1.807, 2.05) is 0 Å². The topological polar surface area (TPSA) is 73.3 Å². The molecule has 3 aliphatic rings. The van der Waals surface area contributed by atoms with Crippen LogP contribution in [0, 0.1) is 12.8 Å². The fourth-order valence-corrected chi connectivity index (χ4v) is 5.86. The summed E-state index contributed by atoms with van der Waals surface area (Å²) < 4.78 is 0. The van der Waals surface area contributed by atoms with E-state index in [0.717, 1.165) is 49.1 Å². The molecule has 1 aromatic heterocycles. The van der Waals surface area contributed by atoms with E-state index in [1.165, 1.54) is 49.9 Å². The van der Waals surface area contributed by atoms with Gasteiger partial charge in [0.15, 0.2) is 0 Å². The summed E-state index contributed by atoms with van der Waals surface area (Å²) in [5, 5.41) is 17.1. The minimum atomic E-state index is -0.148. The molecule has 2 heterocycles. The van der Waals surface area contributed by atoms with Gasteiger partial charge in [0.05, 0.1) is 6.10 Å². The molecule has 5 rings (SSSR count). The number of rotatable bonds is 6. The van der Waals surface area contributed by atoms with Crippen molar-refractivity contribution in [2.45, 2.75) is 89.3 Å². The molecule has 6 heteroatoms. The van der Waals surface area contributed by atoms with E-state index in [1.54, 1.807) is 0 Å². The number of nitrogens with one attached hydrogen (secondary N) is 2. The van der Waals surface area contributed by atoms with Gasteiger partial charge in [0, 0.05) is 29.5 Å².